The Balaban J connectivity index is 0.00000261. The van der Waals surface area contributed by atoms with Gasteiger partial charge >= 0.3 is 5.97 Å². The number of carboxylic acids is 1. The fraction of sp³-hybridized carbons (Fsp3) is 0.526. The normalized spacial score (nSPS) is 20.7. The molecule has 2 aliphatic heterocycles. The molecule has 148 valence electrons. The van der Waals surface area contributed by atoms with Crippen LogP contribution in [-0.4, -0.2) is 64.9 Å². The van der Waals surface area contributed by atoms with Crippen LogP contribution >= 0.6 is 12.4 Å². The second kappa shape index (κ2) is 9.71. The number of rotatable bonds is 5. The van der Waals surface area contributed by atoms with E-state index in [1.165, 1.54) is 0 Å². The zero-order valence-corrected chi connectivity index (χ0v) is 16.0. The largest absolute Gasteiger partial charge is 0.480 e. The fourth-order valence-corrected chi connectivity index (χ4v) is 3.73. The highest BCUT2D eigenvalue weighted by atomic mass is 35.5. The third-order valence-electron chi connectivity index (χ3n) is 5.25. The molecule has 2 amide bonds. The molecule has 2 aliphatic rings. The summed E-state index contributed by atoms with van der Waals surface area (Å²) in [5.41, 5.74) is 0.782. The van der Waals surface area contributed by atoms with E-state index >= 15 is 0 Å². The van der Waals surface area contributed by atoms with Crippen molar-refractivity contribution in [2.75, 3.05) is 31.5 Å². The zero-order valence-electron chi connectivity index (χ0n) is 15.2. The van der Waals surface area contributed by atoms with Gasteiger partial charge < -0.3 is 15.3 Å². The Morgan fingerprint density at radius 1 is 1.04 bits per heavy atom. The van der Waals surface area contributed by atoms with E-state index in [-0.39, 0.29) is 36.7 Å². The summed E-state index contributed by atoms with van der Waals surface area (Å²) in [6.45, 7) is 1.88. The highest BCUT2D eigenvalue weighted by Gasteiger charge is 2.34. The number of carbonyl (C=O) groups is 3. The first kappa shape index (κ1) is 21.2. The summed E-state index contributed by atoms with van der Waals surface area (Å²) in [6.07, 6.45) is 2.68. The summed E-state index contributed by atoms with van der Waals surface area (Å²) in [6, 6.07) is 8.80. The molecule has 1 atom stereocenters. The van der Waals surface area contributed by atoms with Gasteiger partial charge in [-0.15, -0.1) is 12.4 Å². The zero-order chi connectivity index (χ0) is 18.5. The van der Waals surface area contributed by atoms with Gasteiger partial charge in [-0.3, -0.25) is 19.3 Å². The molecule has 2 heterocycles. The van der Waals surface area contributed by atoms with E-state index in [4.69, 9.17) is 0 Å². The minimum Gasteiger partial charge on any atom is -0.480 e. The third-order valence-corrected chi connectivity index (χ3v) is 5.25. The smallest absolute Gasteiger partial charge is 0.320 e. The molecule has 1 aromatic rings. The lowest BCUT2D eigenvalue weighted by Gasteiger charge is -2.33. The molecule has 0 unspecified atom stereocenters. The Morgan fingerprint density at radius 2 is 1.70 bits per heavy atom. The minimum absolute atomic E-state index is 0. The maximum Gasteiger partial charge on any atom is 0.320 e. The minimum atomic E-state index is -0.855. The number of benzene rings is 1. The molecule has 27 heavy (non-hydrogen) atoms. The van der Waals surface area contributed by atoms with Crippen molar-refractivity contribution >= 4 is 35.9 Å². The van der Waals surface area contributed by atoms with Crippen molar-refractivity contribution in [3.63, 3.8) is 0 Å². The molecular formula is C19H26ClN3O4. The molecule has 1 aromatic carbocycles. The van der Waals surface area contributed by atoms with E-state index in [2.05, 4.69) is 5.32 Å². The van der Waals surface area contributed by atoms with Crippen LogP contribution in [0.25, 0.3) is 0 Å². The molecular weight excluding hydrogens is 370 g/mol. The quantitative estimate of drug-likeness (QED) is 0.793. The molecule has 2 fully saturated rings. The van der Waals surface area contributed by atoms with Gasteiger partial charge in [0.2, 0.25) is 11.8 Å². The fourth-order valence-electron chi connectivity index (χ4n) is 3.73. The van der Waals surface area contributed by atoms with Gasteiger partial charge in [-0.25, -0.2) is 0 Å². The first-order valence-corrected chi connectivity index (χ1v) is 9.15. The Labute approximate surface area is 165 Å². The number of aliphatic carboxylic acids is 1. The molecule has 3 rings (SSSR count). The van der Waals surface area contributed by atoms with Gasteiger partial charge in [0.1, 0.15) is 6.04 Å². The first-order valence-electron chi connectivity index (χ1n) is 9.15. The number of carbonyl (C=O) groups excluding carboxylic acids is 2. The molecule has 0 aromatic heterocycles. The van der Waals surface area contributed by atoms with Crippen molar-refractivity contribution in [2.45, 2.75) is 31.7 Å². The van der Waals surface area contributed by atoms with Crippen molar-refractivity contribution in [1.82, 2.24) is 9.80 Å². The van der Waals surface area contributed by atoms with Crippen molar-refractivity contribution in [1.29, 1.82) is 0 Å². The number of anilines is 1. The van der Waals surface area contributed by atoms with Crippen LogP contribution in [0.4, 0.5) is 5.69 Å². The summed E-state index contributed by atoms with van der Waals surface area (Å²) in [5, 5.41) is 12.1. The average molecular weight is 396 g/mol. The number of carboxylic acid groups (broad SMARTS) is 1. The summed E-state index contributed by atoms with van der Waals surface area (Å²) >= 11 is 0. The van der Waals surface area contributed by atoms with Gasteiger partial charge in [-0.2, -0.15) is 0 Å². The predicted molar refractivity (Wildman–Crippen MR) is 104 cm³/mol. The van der Waals surface area contributed by atoms with E-state index in [9.17, 15) is 19.5 Å². The van der Waals surface area contributed by atoms with Crippen LogP contribution < -0.4 is 5.32 Å². The highest BCUT2D eigenvalue weighted by molar-refractivity contribution is 5.92. The molecule has 0 aliphatic carbocycles. The number of hydrogen-bond donors (Lipinski definition) is 2. The number of halogens is 1. The molecule has 0 bridgehead atoms. The van der Waals surface area contributed by atoms with Crippen molar-refractivity contribution in [3.8, 4) is 0 Å². The number of nitrogens with one attached hydrogen (secondary N) is 1. The molecule has 0 radical (unpaired) electrons. The second-order valence-electron chi connectivity index (χ2n) is 6.98. The number of para-hydroxylation sites is 1. The lowest BCUT2D eigenvalue weighted by atomic mass is 9.95. The Kier molecular flexibility index (Phi) is 7.62. The predicted octanol–water partition coefficient (Wildman–Crippen LogP) is 1.83. The molecule has 8 heteroatoms. The van der Waals surface area contributed by atoms with E-state index in [1.807, 2.05) is 30.3 Å². The van der Waals surface area contributed by atoms with Gasteiger partial charge in [0.25, 0.3) is 0 Å². The topological polar surface area (TPSA) is 90.0 Å². The van der Waals surface area contributed by atoms with Crippen LogP contribution in [0.1, 0.15) is 25.7 Å². The van der Waals surface area contributed by atoms with Crippen molar-refractivity contribution in [2.24, 2.45) is 5.92 Å². The molecule has 0 spiro atoms. The Morgan fingerprint density at radius 3 is 2.33 bits per heavy atom. The summed E-state index contributed by atoms with van der Waals surface area (Å²) in [7, 11) is 0. The van der Waals surface area contributed by atoms with E-state index < -0.39 is 12.0 Å². The van der Waals surface area contributed by atoms with Crippen LogP contribution in [-0.2, 0) is 14.4 Å². The van der Waals surface area contributed by atoms with Crippen LogP contribution in [0.5, 0.6) is 0 Å². The SMILES string of the molecule is Cl.O=C(Nc1ccccc1)C1CCN(C(=O)CN2CCC[C@H]2C(=O)O)CC1. The van der Waals surface area contributed by atoms with Gasteiger partial charge in [0.05, 0.1) is 6.54 Å². The van der Waals surface area contributed by atoms with Crippen molar-refractivity contribution < 1.29 is 19.5 Å². The Bertz CT molecular complexity index is 662. The number of nitrogens with zero attached hydrogens (tertiary/aromatic N) is 2. The molecule has 2 saturated heterocycles. The summed E-state index contributed by atoms with van der Waals surface area (Å²) in [5.74, 6) is -1.00. The average Bonchev–Trinajstić information content (AvgIpc) is 3.11. The number of amides is 2. The van der Waals surface area contributed by atoms with Crippen LogP contribution in [0.15, 0.2) is 30.3 Å². The maximum absolute atomic E-state index is 12.5. The van der Waals surface area contributed by atoms with Crippen LogP contribution in [0, 0.1) is 5.92 Å². The standard InChI is InChI=1S/C19H25N3O4.ClH/c23-17(13-22-10-4-7-16(22)19(25)26)21-11-8-14(9-12-21)18(24)20-15-5-2-1-3-6-15;/h1-3,5-6,14,16H,4,7-13H2,(H,20,24)(H,25,26);1H/t16-;/m0./s1. The number of piperidine rings is 1. The van der Waals surface area contributed by atoms with Crippen molar-refractivity contribution in [3.05, 3.63) is 30.3 Å². The highest BCUT2D eigenvalue weighted by Crippen LogP contribution is 2.21. The second-order valence-corrected chi connectivity index (χ2v) is 6.98. The molecule has 7 nitrogen and oxygen atoms in total. The first-order chi connectivity index (χ1) is 12.5. The summed E-state index contributed by atoms with van der Waals surface area (Å²) in [4.78, 5) is 39.6. The third kappa shape index (κ3) is 5.43. The van der Waals surface area contributed by atoms with Gasteiger partial charge in [-0.1, -0.05) is 18.2 Å². The van der Waals surface area contributed by atoms with Gasteiger partial charge in [0, 0.05) is 24.7 Å². The maximum atomic E-state index is 12.5. The Hall–Kier alpha value is -2.12. The van der Waals surface area contributed by atoms with Crippen LogP contribution in [0.3, 0.4) is 0 Å². The summed E-state index contributed by atoms with van der Waals surface area (Å²) < 4.78 is 0. The monoisotopic (exact) mass is 395 g/mol. The lowest BCUT2D eigenvalue weighted by Crippen LogP contribution is -2.47. The van der Waals surface area contributed by atoms with E-state index in [1.54, 1.807) is 9.80 Å². The lowest BCUT2D eigenvalue weighted by molar-refractivity contribution is -0.144. The van der Waals surface area contributed by atoms with Gasteiger partial charge in [-0.05, 0) is 44.4 Å². The van der Waals surface area contributed by atoms with E-state index in [0.717, 1.165) is 12.1 Å². The van der Waals surface area contributed by atoms with Crippen LogP contribution in [0.2, 0.25) is 0 Å². The molecule has 2 N–H and O–H groups in total. The number of hydrogen-bond acceptors (Lipinski definition) is 4. The molecule has 0 saturated carbocycles. The number of likely N-dealkylation sites (tertiary alicyclic amines) is 2. The van der Waals surface area contributed by atoms with E-state index in [0.29, 0.717) is 38.9 Å². The van der Waals surface area contributed by atoms with Gasteiger partial charge in [0.15, 0.2) is 0 Å².